The third-order valence-corrected chi connectivity index (χ3v) is 3.64. The zero-order chi connectivity index (χ0) is 14.5. The number of halogens is 1. The molecule has 0 aliphatic rings. The fraction of sp³-hybridized carbons (Fsp3) is 0.188. The minimum Gasteiger partial charge on any atom is -0.496 e. The number of carbonyl (C=O) groups is 1. The summed E-state index contributed by atoms with van der Waals surface area (Å²) < 4.78 is 6.27. The summed E-state index contributed by atoms with van der Waals surface area (Å²) in [6.07, 6.45) is 0.0246. The molecule has 20 heavy (non-hydrogen) atoms. The third kappa shape index (κ3) is 3.39. The van der Waals surface area contributed by atoms with E-state index in [1.165, 1.54) is 0 Å². The van der Waals surface area contributed by atoms with Crippen LogP contribution in [0.3, 0.4) is 0 Å². The highest BCUT2D eigenvalue weighted by Gasteiger charge is 2.21. The topological polar surface area (TPSA) is 46.5 Å². The Bertz CT molecular complexity index is 596. The molecule has 0 saturated heterocycles. The lowest BCUT2D eigenvalue weighted by Gasteiger charge is -2.19. The van der Waals surface area contributed by atoms with Crippen LogP contribution in [0.1, 0.15) is 23.5 Å². The first-order valence-electron chi connectivity index (χ1n) is 6.22. The van der Waals surface area contributed by atoms with Gasteiger partial charge in [0.05, 0.1) is 13.5 Å². The maximum absolute atomic E-state index is 11.2. The van der Waals surface area contributed by atoms with E-state index in [2.05, 4.69) is 15.9 Å². The van der Waals surface area contributed by atoms with Crippen LogP contribution in [0.4, 0.5) is 0 Å². The molecule has 1 N–H and O–H groups in total. The fourth-order valence-electron chi connectivity index (χ4n) is 2.24. The summed E-state index contributed by atoms with van der Waals surface area (Å²) in [5.41, 5.74) is 1.83. The van der Waals surface area contributed by atoms with Crippen LogP contribution in [0.2, 0.25) is 0 Å². The predicted octanol–water partition coefficient (Wildman–Crippen LogP) is 4.06. The van der Waals surface area contributed by atoms with Crippen LogP contribution in [0.15, 0.2) is 53.0 Å². The number of hydrogen-bond donors (Lipinski definition) is 1. The number of benzene rings is 2. The zero-order valence-corrected chi connectivity index (χ0v) is 12.6. The minimum atomic E-state index is -0.833. The Labute approximate surface area is 126 Å². The largest absolute Gasteiger partial charge is 0.496 e. The molecular weight excluding hydrogens is 320 g/mol. The number of ether oxygens (including phenoxy) is 1. The van der Waals surface area contributed by atoms with E-state index in [1.54, 1.807) is 7.11 Å². The molecule has 0 heterocycles. The van der Waals surface area contributed by atoms with Crippen LogP contribution in [0.5, 0.6) is 5.75 Å². The number of methoxy groups -OCH3 is 1. The Morgan fingerprint density at radius 1 is 1.25 bits per heavy atom. The maximum atomic E-state index is 11.2. The van der Waals surface area contributed by atoms with Gasteiger partial charge >= 0.3 is 5.97 Å². The van der Waals surface area contributed by atoms with Gasteiger partial charge in [-0.2, -0.15) is 0 Å². The third-order valence-electron chi connectivity index (χ3n) is 3.15. The van der Waals surface area contributed by atoms with Crippen LogP contribution < -0.4 is 4.74 Å². The van der Waals surface area contributed by atoms with Crippen molar-refractivity contribution in [2.75, 3.05) is 7.11 Å². The van der Waals surface area contributed by atoms with E-state index >= 15 is 0 Å². The van der Waals surface area contributed by atoms with Crippen LogP contribution in [0, 0.1) is 0 Å². The van der Waals surface area contributed by atoms with Crippen molar-refractivity contribution in [2.45, 2.75) is 12.3 Å². The summed E-state index contributed by atoms with van der Waals surface area (Å²) in [7, 11) is 1.59. The van der Waals surface area contributed by atoms with Gasteiger partial charge in [-0.3, -0.25) is 4.79 Å². The molecule has 2 rings (SSSR count). The quantitative estimate of drug-likeness (QED) is 0.896. The Morgan fingerprint density at radius 2 is 1.95 bits per heavy atom. The molecule has 4 heteroatoms. The predicted molar refractivity (Wildman–Crippen MR) is 81.2 cm³/mol. The van der Waals surface area contributed by atoms with Gasteiger partial charge in [0.2, 0.25) is 0 Å². The molecule has 1 atom stereocenters. The summed E-state index contributed by atoms with van der Waals surface area (Å²) in [6, 6.07) is 15.3. The van der Waals surface area contributed by atoms with Gasteiger partial charge in [-0.15, -0.1) is 0 Å². The molecule has 0 aliphatic carbocycles. The van der Waals surface area contributed by atoms with Crippen LogP contribution in [-0.2, 0) is 4.79 Å². The summed E-state index contributed by atoms with van der Waals surface area (Å²) >= 11 is 3.43. The molecule has 0 aromatic heterocycles. The lowest BCUT2D eigenvalue weighted by atomic mass is 9.88. The van der Waals surface area contributed by atoms with Crippen molar-refractivity contribution in [3.05, 3.63) is 64.1 Å². The van der Waals surface area contributed by atoms with Crippen molar-refractivity contribution in [3.8, 4) is 5.75 Å². The first kappa shape index (κ1) is 14.6. The highest BCUT2D eigenvalue weighted by Crippen LogP contribution is 2.36. The van der Waals surface area contributed by atoms with Gasteiger partial charge in [-0.05, 0) is 23.8 Å². The molecule has 2 aromatic rings. The van der Waals surface area contributed by atoms with E-state index < -0.39 is 5.97 Å². The van der Waals surface area contributed by atoms with Gasteiger partial charge in [0.25, 0.3) is 0 Å². The Hall–Kier alpha value is -1.81. The molecule has 0 radical (unpaired) electrons. The standard InChI is InChI=1S/C16H15BrO3/c1-20-15-8-7-12(17)9-14(15)13(10-16(18)19)11-5-3-2-4-6-11/h2-9,13H,10H2,1H3,(H,18,19). The van der Waals surface area contributed by atoms with E-state index in [9.17, 15) is 9.90 Å². The second kappa shape index (κ2) is 6.57. The van der Waals surface area contributed by atoms with E-state index in [-0.39, 0.29) is 12.3 Å². The van der Waals surface area contributed by atoms with Gasteiger partial charge in [-0.25, -0.2) is 0 Å². The number of carboxylic acids is 1. The first-order valence-corrected chi connectivity index (χ1v) is 7.01. The van der Waals surface area contributed by atoms with Crippen LogP contribution in [-0.4, -0.2) is 18.2 Å². The first-order chi connectivity index (χ1) is 9.61. The fourth-order valence-corrected chi connectivity index (χ4v) is 2.62. The molecule has 0 aliphatic heterocycles. The summed E-state index contributed by atoms with van der Waals surface area (Å²) in [5, 5.41) is 9.19. The lowest BCUT2D eigenvalue weighted by Crippen LogP contribution is -2.09. The summed E-state index contributed by atoms with van der Waals surface area (Å²) in [5.74, 6) is -0.370. The normalized spacial score (nSPS) is 11.9. The molecule has 0 fully saturated rings. The lowest BCUT2D eigenvalue weighted by molar-refractivity contribution is -0.137. The average Bonchev–Trinajstić information content (AvgIpc) is 2.45. The van der Waals surface area contributed by atoms with Crippen molar-refractivity contribution in [2.24, 2.45) is 0 Å². The molecule has 0 amide bonds. The molecule has 0 saturated carbocycles. The van der Waals surface area contributed by atoms with Crippen molar-refractivity contribution in [1.29, 1.82) is 0 Å². The zero-order valence-electron chi connectivity index (χ0n) is 11.0. The Balaban J connectivity index is 2.51. The molecule has 3 nitrogen and oxygen atoms in total. The van der Waals surface area contributed by atoms with Gasteiger partial charge < -0.3 is 9.84 Å². The van der Waals surface area contributed by atoms with Crippen molar-refractivity contribution in [1.82, 2.24) is 0 Å². The smallest absolute Gasteiger partial charge is 0.304 e. The number of rotatable bonds is 5. The highest BCUT2D eigenvalue weighted by atomic mass is 79.9. The van der Waals surface area contributed by atoms with E-state index in [0.717, 1.165) is 15.6 Å². The van der Waals surface area contributed by atoms with E-state index in [0.29, 0.717) is 5.75 Å². The van der Waals surface area contributed by atoms with E-state index in [4.69, 9.17) is 4.74 Å². The van der Waals surface area contributed by atoms with E-state index in [1.807, 2.05) is 48.5 Å². The average molecular weight is 335 g/mol. The van der Waals surface area contributed by atoms with Crippen LogP contribution >= 0.6 is 15.9 Å². The molecular formula is C16H15BrO3. The second-order valence-corrected chi connectivity index (χ2v) is 5.36. The molecule has 104 valence electrons. The van der Waals surface area contributed by atoms with Crippen LogP contribution in [0.25, 0.3) is 0 Å². The van der Waals surface area contributed by atoms with Crippen molar-refractivity contribution >= 4 is 21.9 Å². The summed E-state index contributed by atoms with van der Waals surface area (Å²) in [6.45, 7) is 0. The van der Waals surface area contributed by atoms with Gasteiger partial charge in [0.15, 0.2) is 0 Å². The Kier molecular flexibility index (Phi) is 4.79. The monoisotopic (exact) mass is 334 g/mol. The minimum absolute atomic E-state index is 0.0246. The highest BCUT2D eigenvalue weighted by molar-refractivity contribution is 9.10. The SMILES string of the molecule is COc1ccc(Br)cc1C(CC(=O)O)c1ccccc1. The second-order valence-electron chi connectivity index (χ2n) is 4.45. The van der Waals surface area contributed by atoms with Gasteiger partial charge in [0, 0.05) is 16.0 Å². The number of aliphatic carboxylic acids is 1. The Morgan fingerprint density at radius 3 is 2.55 bits per heavy atom. The molecule has 1 unspecified atom stereocenters. The van der Waals surface area contributed by atoms with Crippen molar-refractivity contribution in [3.63, 3.8) is 0 Å². The maximum Gasteiger partial charge on any atom is 0.304 e. The summed E-state index contributed by atoms with van der Waals surface area (Å²) in [4.78, 5) is 11.2. The number of carboxylic acid groups (broad SMARTS) is 1. The van der Waals surface area contributed by atoms with Crippen molar-refractivity contribution < 1.29 is 14.6 Å². The van der Waals surface area contributed by atoms with Gasteiger partial charge in [-0.1, -0.05) is 46.3 Å². The molecule has 0 spiro atoms. The van der Waals surface area contributed by atoms with Gasteiger partial charge in [0.1, 0.15) is 5.75 Å². The molecule has 2 aromatic carbocycles. The molecule has 0 bridgehead atoms. The number of hydrogen-bond acceptors (Lipinski definition) is 2.